The first kappa shape index (κ1) is 14.0. The molecule has 1 heterocycles. The van der Waals surface area contributed by atoms with Crippen molar-refractivity contribution in [2.75, 3.05) is 0 Å². The van der Waals surface area contributed by atoms with Gasteiger partial charge in [-0.15, -0.1) is 0 Å². The van der Waals surface area contributed by atoms with E-state index in [1.165, 1.54) is 0 Å². The average Bonchev–Trinajstić information content (AvgIpc) is 2.24. The zero-order valence-corrected chi connectivity index (χ0v) is 11.5. The molecule has 1 aliphatic heterocycles. The van der Waals surface area contributed by atoms with E-state index in [4.69, 9.17) is 0 Å². The number of carbonyl (C=O) groups excluding carboxylic acids is 2. The largest absolute Gasteiger partial charge is 0.343 e. The van der Waals surface area contributed by atoms with Gasteiger partial charge in [0.15, 0.2) is 0 Å². The van der Waals surface area contributed by atoms with Crippen LogP contribution in [0.15, 0.2) is 0 Å². The Labute approximate surface area is 104 Å². The highest BCUT2D eigenvalue weighted by Crippen LogP contribution is 2.18. The molecule has 0 spiro atoms. The van der Waals surface area contributed by atoms with Crippen LogP contribution in [0.4, 0.5) is 0 Å². The quantitative estimate of drug-likeness (QED) is 0.810. The second kappa shape index (κ2) is 5.52. The first-order chi connectivity index (χ1) is 7.84. The number of hydrogen-bond donors (Lipinski definition) is 1. The maximum Gasteiger partial charge on any atom is 0.245 e. The van der Waals surface area contributed by atoms with Gasteiger partial charge in [-0.2, -0.15) is 0 Å². The van der Waals surface area contributed by atoms with E-state index >= 15 is 0 Å². The number of carbonyl (C=O) groups is 2. The highest BCUT2D eigenvalue weighted by atomic mass is 16.2. The van der Waals surface area contributed by atoms with Crippen molar-refractivity contribution < 1.29 is 9.59 Å². The third kappa shape index (κ3) is 3.20. The van der Waals surface area contributed by atoms with Crippen LogP contribution >= 0.6 is 0 Å². The molecule has 0 bridgehead atoms. The van der Waals surface area contributed by atoms with Crippen LogP contribution in [0.5, 0.6) is 0 Å². The summed E-state index contributed by atoms with van der Waals surface area (Å²) in [6.45, 7) is 9.91. The second-order valence-electron chi connectivity index (χ2n) is 5.47. The van der Waals surface area contributed by atoms with Crippen molar-refractivity contribution in [3.8, 4) is 0 Å². The zero-order chi connectivity index (χ0) is 13.2. The van der Waals surface area contributed by atoms with Gasteiger partial charge in [-0.1, -0.05) is 13.8 Å². The van der Waals surface area contributed by atoms with Crippen molar-refractivity contribution in [1.29, 1.82) is 0 Å². The molecule has 1 saturated heterocycles. The molecule has 0 aromatic carbocycles. The van der Waals surface area contributed by atoms with Gasteiger partial charge in [0.1, 0.15) is 12.1 Å². The van der Waals surface area contributed by atoms with Gasteiger partial charge in [0.2, 0.25) is 11.8 Å². The summed E-state index contributed by atoms with van der Waals surface area (Å²) in [5, 5.41) is 2.70. The Balaban J connectivity index is 2.71. The summed E-state index contributed by atoms with van der Waals surface area (Å²) in [6.07, 6.45) is 2.03. The van der Waals surface area contributed by atoms with Crippen molar-refractivity contribution in [2.45, 2.75) is 65.6 Å². The maximum absolute atomic E-state index is 12.1. The normalized spacial score (nSPS) is 27.3. The number of piperazine rings is 1. The first-order valence-corrected chi connectivity index (χ1v) is 6.47. The molecule has 98 valence electrons. The lowest BCUT2D eigenvalue weighted by Gasteiger charge is -2.40. The minimum absolute atomic E-state index is 0.0355. The van der Waals surface area contributed by atoms with Crippen LogP contribution in [-0.4, -0.2) is 34.8 Å². The minimum Gasteiger partial charge on any atom is -0.343 e. The fraction of sp³-hybridized carbons (Fsp3) is 0.846. The van der Waals surface area contributed by atoms with Gasteiger partial charge in [-0.05, 0) is 39.5 Å². The van der Waals surface area contributed by atoms with E-state index in [-0.39, 0.29) is 29.9 Å². The molecule has 0 aromatic heterocycles. The molecular weight excluding hydrogens is 216 g/mol. The van der Waals surface area contributed by atoms with Gasteiger partial charge in [-0.25, -0.2) is 0 Å². The molecule has 0 radical (unpaired) electrons. The van der Waals surface area contributed by atoms with Crippen molar-refractivity contribution in [3.05, 3.63) is 0 Å². The minimum atomic E-state index is -0.389. The third-order valence-corrected chi connectivity index (χ3v) is 3.42. The highest BCUT2D eigenvalue weighted by molar-refractivity contribution is 5.96. The Morgan fingerprint density at radius 2 is 1.76 bits per heavy atom. The molecule has 4 nitrogen and oxygen atoms in total. The van der Waals surface area contributed by atoms with Crippen LogP contribution in [0.1, 0.15) is 47.5 Å². The van der Waals surface area contributed by atoms with E-state index in [1.807, 2.05) is 6.92 Å². The summed E-state index contributed by atoms with van der Waals surface area (Å²) in [7, 11) is 0. The molecule has 1 fully saturated rings. The van der Waals surface area contributed by atoms with Gasteiger partial charge < -0.3 is 10.2 Å². The summed E-state index contributed by atoms with van der Waals surface area (Å²) in [4.78, 5) is 25.5. The van der Waals surface area contributed by atoms with Crippen LogP contribution in [-0.2, 0) is 9.59 Å². The van der Waals surface area contributed by atoms with E-state index < -0.39 is 0 Å². The Kier molecular flexibility index (Phi) is 4.54. The van der Waals surface area contributed by atoms with E-state index in [0.717, 1.165) is 12.8 Å². The smallest absolute Gasteiger partial charge is 0.245 e. The summed E-state index contributed by atoms with van der Waals surface area (Å²) < 4.78 is 0. The summed E-state index contributed by atoms with van der Waals surface area (Å²) in [6, 6.07) is -0.602. The van der Waals surface area contributed by atoms with Crippen molar-refractivity contribution in [2.24, 2.45) is 5.92 Å². The molecule has 0 aliphatic carbocycles. The van der Waals surface area contributed by atoms with Crippen molar-refractivity contribution in [3.63, 3.8) is 0 Å². The molecular formula is C13H24N2O2. The lowest BCUT2D eigenvalue weighted by Crippen LogP contribution is -2.63. The molecule has 1 N–H and O–H groups in total. The van der Waals surface area contributed by atoms with Crippen LogP contribution in [0.2, 0.25) is 0 Å². The van der Waals surface area contributed by atoms with E-state index in [2.05, 4.69) is 19.2 Å². The summed E-state index contributed by atoms with van der Waals surface area (Å²) in [5.74, 6) is 0.612. The summed E-state index contributed by atoms with van der Waals surface area (Å²) >= 11 is 0. The Morgan fingerprint density at radius 1 is 1.18 bits per heavy atom. The van der Waals surface area contributed by atoms with Crippen molar-refractivity contribution >= 4 is 11.8 Å². The first-order valence-electron chi connectivity index (χ1n) is 6.47. The molecule has 17 heavy (non-hydrogen) atoms. The average molecular weight is 240 g/mol. The van der Waals surface area contributed by atoms with Gasteiger partial charge in [0.05, 0.1) is 0 Å². The molecule has 0 aromatic rings. The van der Waals surface area contributed by atoms with Crippen LogP contribution < -0.4 is 5.32 Å². The molecule has 3 atom stereocenters. The van der Waals surface area contributed by atoms with E-state index in [9.17, 15) is 9.59 Å². The monoisotopic (exact) mass is 240 g/mol. The number of amides is 2. The maximum atomic E-state index is 12.1. The molecule has 1 aliphatic rings. The van der Waals surface area contributed by atoms with Gasteiger partial charge in [0, 0.05) is 6.04 Å². The zero-order valence-electron chi connectivity index (χ0n) is 11.5. The fourth-order valence-corrected chi connectivity index (χ4v) is 2.25. The predicted molar refractivity (Wildman–Crippen MR) is 67.4 cm³/mol. The van der Waals surface area contributed by atoms with E-state index in [1.54, 1.807) is 18.7 Å². The molecule has 3 unspecified atom stereocenters. The number of rotatable bonds is 4. The predicted octanol–water partition coefficient (Wildman–Crippen LogP) is 1.55. The Hall–Kier alpha value is -1.06. The van der Waals surface area contributed by atoms with Crippen LogP contribution in [0.3, 0.4) is 0 Å². The van der Waals surface area contributed by atoms with E-state index in [0.29, 0.717) is 5.92 Å². The summed E-state index contributed by atoms with van der Waals surface area (Å²) in [5.41, 5.74) is 0. The Morgan fingerprint density at radius 3 is 2.29 bits per heavy atom. The molecule has 4 heteroatoms. The third-order valence-electron chi connectivity index (χ3n) is 3.42. The van der Waals surface area contributed by atoms with Gasteiger partial charge in [-0.3, -0.25) is 9.59 Å². The fourth-order valence-electron chi connectivity index (χ4n) is 2.25. The Bertz CT molecular complexity index is 302. The van der Waals surface area contributed by atoms with Gasteiger partial charge in [0.25, 0.3) is 0 Å². The van der Waals surface area contributed by atoms with Crippen LogP contribution in [0.25, 0.3) is 0 Å². The number of hydrogen-bond acceptors (Lipinski definition) is 2. The van der Waals surface area contributed by atoms with Gasteiger partial charge >= 0.3 is 0 Å². The molecule has 1 rings (SSSR count). The molecule has 0 saturated carbocycles. The number of nitrogens with one attached hydrogen (secondary N) is 1. The highest BCUT2D eigenvalue weighted by Gasteiger charge is 2.37. The standard InChI is InChI=1S/C13H24N2O2/c1-8(2)6-7-9(3)15-11(5)12(16)14-10(4)13(15)17/h8-11H,6-7H2,1-5H3,(H,14,16). The SMILES string of the molecule is CC(C)CCC(C)N1C(=O)C(C)NC(=O)C1C. The topological polar surface area (TPSA) is 49.4 Å². The molecule has 2 amide bonds. The van der Waals surface area contributed by atoms with Crippen molar-refractivity contribution in [1.82, 2.24) is 10.2 Å². The lowest BCUT2D eigenvalue weighted by atomic mass is 10.00. The van der Waals surface area contributed by atoms with Crippen LogP contribution in [0, 0.1) is 5.92 Å². The second-order valence-corrected chi connectivity index (χ2v) is 5.47. The lowest BCUT2D eigenvalue weighted by molar-refractivity contribution is -0.150. The number of nitrogens with zero attached hydrogens (tertiary/aromatic N) is 1.